The number of para-hydroxylation sites is 1. The Morgan fingerprint density at radius 1 is 1.24 bits per heavy atom. The first kappa shape index (κ1) is 17.2. The van der Waals surface area contributed by atoms with Crippen molar-refractivity contribution in [2.75, 3.05) is 13.1 Å². The summed E-state index contributed by atoms with van der Waals surface area (Å²) in [5.74, 6) is -3.81. The summed E-state index contributed by atoms with van der Waals surface area (Å²) in [4.78, 5) is 13.1. The van der Waals surface area contributed by atoms with E-state index in [9.17, 15) is 13.6 Å². The average Bonchev–Trinajstić information content (AvgIpc) is 3.29. The van der Waals surface area contributed by atoms with Crippen molar-refractivity contribution in [1.82, 2.24) is 15.1 Å². The molecule has 3 N–H and O–H groups in total. The number of amides is 1. The number of aromatic nitrogens is 2. The number of benzene rings is 1. The standard InChI is InChI=1S/C17H16F2N4OS/c18-17(19,10-20)11-21-16(24)13-9-14(15-7-4-8-25-15)23(22-13)12-5-2-1-3-6-12/h1-9H,10-11,20H2,(H,21,24). The Morgan fingerprint density at radius 2 is 2.00 bits per heavy atom. The van der Waals surface area contributed by atoms with E-state index in [1.807, 2.05) is 47.8 Å². The normalized spacial score (nSPS) is 11.5. The first-order valence-electron chi connectivity index (χ1n) is 7.56. The van der Waals surface area contributed by atoms with Gasteiger partial charge < -0.3 is 11.1 Å². The number of hydrogen-bond donors (Lipinski definition) is 2. The Kier molecular flexibility index (Phi) is 4.91. The van der Waals surface area contributed by atoms with Gasteiger partial charge in [0.15, 0.2) is 5.69 Å². The highest BCUT2D eigenvalue weighted by Gasteiger charge is 2.28. The van der Waals surface area contributed by atoms with Crippen molar-refractivity contribution < 1.29 is 13.6 Å². The van der Waals surface area contributed by atoms with Crippen LogP contribution in [0.3, 0.4) is 0 Å². The fourth-order valence-electron chi connectivity index (χ4n) is 2.23. The second-order valence-corrected chi connectivity index (χ2v) is 6.33. The molecule has 3 aromatic rings. The predicted molar refractivity (Wildman–Crippen MR) is 93.2 cm³/mol. The summed E-state index contributed by atoms with van der Waals surface area (Å²) in [7, 11) is 0. The monoisotopic (exact) mass is 362 g/mol. The summed E-state index contributed by atoms with van der Waals surface area (Å²) in [6.07, 6.45) is 0. The molecule has 3 rings (SSSR count). The molecule has 0 aliphatic heterocycles. The van der Waals surface area contributed by atoms with Gasteiger partial charge in [0.2, 0.25) is 0 Å². The van der Waals surface area contributed by atoms with Crippen molar-refractivity contribution in [2.45, 2.75) is 5.92 Å². The number of hydrogen-bond acceptors (Lipinski definition) is 4. The van der Waals surface area contributed by atoms with Gasteiger partial charge in [-0.3, -0.25) is 4.79 Å². The molecule has 0 spiro atoms. The second kappa shape index (κ2) is 7.12. The Hall–Kier alpha value is -2.58. The molecule has 0 fully saturated rings. The largest absolute Gasteiger partial charge is 0.345 e. The molecule has 0 aliphatic rings. The third-order valence-corrected chi connectivity index (χ3v) is 4.41. The topological polar surface area (TPSA) is 72.9 Å². The van der Waals surface area contributed by atoms with Crippen LogP contribution in [0.1, 0.15) is 10.5 Å². The Bertz CT molecular complexity index is 847. The van der Waals surface area contributed by atoms with E-state index >= 15 is 0 Å². The van der Waals surface area contributed by atoms with Crippen molar-refractivity contribution in [2.24, 2.45) is 5.73 Å². The zero-order valence-electron chi connectivity index (χ0n) is 13.2. The summed E-state index contributed by atoms with van der Waals surface area (Å²) in [6, 6.07) is 14.7. The molecule has 1 amide bonds. The van der Waals surface area contributed by atoms with E-state index in [0.29, 0.717) is 0 Å². The molecular weight excluding hydrogens is 346 g/mol. The van der Waals surface area contributed by atoms with Gasteiger partial charge in [-0.05, 0) is 29.6 Å². The molecule has 2 aromatic heterocycles. The minimum atomic E-state index is -3.14. The lowest BCUT2D eigenvalue weighted by molar-refractivity contribution is 0.0118. The lowest BCUT2D eigenvalue weighted by Gasteiger charge is -2.13. The van der Waals surface area contributed by atoms with Gasteiger partial charge in [-0.25, -0.2) is 13.5 Å². The molecule has 5 nitrogen and oxygen atoms in total. The minimum absolute atomic E-state index is 0.0695. The van der Waals surface area contributed by atoms with E-state index in [1.54, 1.807) is 10.7 Å². The van der Waals surface area contributed by atoms with Gasteiger partial charge in [-0.15, -0.1) is 11.3 Å². The summed E-state index contributed by atoms with van der Waals surface area (Å²) >= 11 is 1.50. The maximum absolute atomic E-state index is 13.2. The number of carbonyl (C=O) groups excluding carboxylic acids is 1. The number of nitrogens with two attached hydrogens (primary N) is 1. The summed E-state index contributed by atoms with van der Waals surface area (Å²) < 4.78 is 28.1. The number of thiophene rings is 1. The van der Waals surface area contributed by atoms with E-state index < -0.39 is 24.9 Å². The lowest BCUT2D eigenvalue weighted by atomic mass is 10.2. The van der Waals surface area contributed by atoms with Crippen LogP contribution >= 0.6 is 11.3 Å². The number of nitrogens with zero attached hydrogens (tertiary/aromatic N) is 2. The van der Waals surface area contributed by atoms with Gasteiger partial charge in [-0.2, -0.15) is 5.10 Å². The fraction of sp³-hybridized carbons (Fsp3) is 0.176. The second-order valence-electron chi connectivity index (χ2n) is 5.38. The van der Waals surface area contributed by atoms with E-state index in [1.165, 1.54) is 11.3 Å². The van der Waals surface area contributed by atoms with E-state index in [4.69, 9.17) is 5.73 Å². The zero-order chi connectivity index (χ0) is 17.9. The predicted octanol–water partition coefficient (Wildman–Crippen LogP) is 2.92. The average molecular weight is 362 g/mol. The van der Waals surface area contributed by atoms with Gasteiger partial charge in [0.25, 0.3) is 11.8 Å². The third-order valence-electron chi connectivity index (χ3n) is 3.52. The minimum Gasteiger partial charge on any atom is -0.345 e. The highest BCUT2D eigenvalue weighted by molar-refractivity contribution is 7.13. The van der Waals surface area contributed by atoms with Gasteiger partial charge in [-0.1, -0.05) is 24.3 Å². The Balaban J connectivity index is 1.93. The summed E-state index contributed by atoms with van der Waals surface area (Å²) in [5, 5.41) is 8.40. The van der Waals surface area contributed by atoms with Crippen LogP contribution in [0, 0.1) is 0 Å². The molecule has 0 saturated heterocycles. The smallest absolute Gasteiger partial charge is 0.277 e. The zero-order valence-corrected chi connectivity index (χ0v) is 14.0. The van der Waals surface area contributed by atoms with Crippen LogP contribution in [0.4, 0.5) is 8.78 Å². The van der Waals surface area contributed by atoms with E-state index in [-0.39, 0.29) is 5.69 Å². The molecule has 0 aliphatic carbocycles. The molecule has 0 atom stereocenters. The van der Waals surface area contributed by atoms with Gasteiger partial charge >= 0.3 is 0 Å². The van der Waals surface area contributed by atoms with Crippen LogP contribution < -0.4 is 11.1 Å². The van der Waals surface area contributed by atoms with E-state index in [2.05, 4.69) is 10.4 Å². The number of halogens is 2. The molecule has 130 valence electrons. The quantitative estimate of drug-likeness (QED) is 0.708. The highest BCUT2D eigenvalue weighted by atomic mass is 32.1. The number of carbonyl (C=O) groups is 1. The van der Waals surface area contributed by atoms with Crippen molar-refractivity contribution >= 4 is 17.2 Å². The molecule has 25 heavy (non-hydrogen) atoms. The van der Waals surface area contributed by atoms with Crippen molar-refractivity contribution in [3.05, 3.63) is 59.6 Å². The maximum Gasteiger partial charge on any atom is 0.277 e. The molecule has 1 aromatic carbocycles. The molecule has 8 heteroatoms. The Labute approximate surface area is 147 Å². The van der Waals surface area contributed by atoms with Gasteiger partial charge in [0, 0.05) is 0 Å². The van der Waals surface area contributed by atoms with Crippen LogP contribution in [0.5, 0.6) is 0 Å². The molecule has 0 saturated carbocycles. The maximum atomic E-state index is 13.2. The van der Waals surface area contributed by atoms with Crippen molar-refractivity contribution in [1.29, 1.82) is 0 Å². The van der Waals surface area contributed by atoms with Crippen LogP contribution in [-0.2, 0) is 0 Å². The van der Waals surface area contributed by atoms with Gasteiger partial charge in [0.1, 0.15) is 0 Å². The molecule has 0 bridgehead atoms. The van der Waals surface area contributed by atoms with Crippen molar-refractivity contribution in [3.63, 3.8) is 0 Å². The first-order valence-corrected chi connectivity index (χ1v) is 8.43. The van der Waals surface area contributed by atoms with Crippen molar-refractivity contribution in [3.8, 4) is 16.3 Å². The summed E-state index contributed by atoms with van der Waals surface area (Å²) in [6.45, 7) is -1.65. The number of nitrogens with one attached hydrogen (secondary N) is 1. The summed E-state index contributed by atoms with van der Waals surface area (Å²) in [5.41, 5.74) is 6.54. The number of alkyl halides is 2. The van der Waals surface area contributed by atoms with Gasteiger partial charge in [0.05, 0.1) is 29.3 Å². The molecular formula is C17H16F2N4OS. The van der Waals surface area contributed by atoms with Crippen LogP contribution in [0.25, 0.3) is 16.3 Å². The molecule has 2 heterocycles. The van der Waals surface area contributed by atoms with Crippen LogP contribution in [0.2, 0.25) is 0 Å². The van der Waals surface area contributed by atoms with Crippen LogP contribution in [0.15, 0.2) is 53.9 Å². The highest BCUT2D eigenvalue weighted by Crippen LogP contribution is 2.28. The van der Waals surface area contributed by atoms with E-state index in [0.717, 1.165) is 16.3 Å². The fourth-order valence-corrected chi connectivity index (χ4v) is 2.96. The molecule has 0 unspecified atom stereocenters. The first-order chi connectivity index (χ1) is 12.0. The van der Waals surface area contributed by atoms with Crippen LogP contribution in [-0.4, -0.2) is 34.7 Å². The SMILES string of the molecule is NCC(F)(F)CNC(=O)c1cc(-c2cccs2)n(-c2ccccc2)n1. The number of rotatable bonds is 6. The third kappa shape index (κ3) is 3.92. The Morgan fingerprint density at radius 3 is 2.64 bits per heavy atom. The lowest BCUT2D eigenvalue weighted by Crippen LogP contribution is -2.41. The molecule has 0 radical (unpaired) electrons.